The number of aliphatic hydroxyl groups is 1. The Morgan fingerprint density at radius 1 is 1.18 bits per heavy atom. The van der Waals surface area contributed by atoms with Crippen LogP contribution in [-0.2, 0) is 22.7 Å². The van der Waals surface area contributed by atoms with E-state index in [4.69, 9.17) is 0 Å². The van der Waals surface area contributed by atoms with E-state index in [1.165, 1.54) is 4.90 Å². The molecule has 1 aromatic carbocycles. The number of hydrogen-bond acceptors (Lipinski definition) is 6. The molecule has 1 aromatic heterocycles. The number of fused-ring (bicyclic) bond motifs is 1. The highest BCUT2D eigenvalue weighted by atomic mass is 19.1. The third kappa shape index (κ3) is 3.42. The lowest BCUT2D eigenvalue weighted by Crippen LogP contribution is -2.63. The monoisotopic (exact) mass is 464 g/mol. The number of amides is 3. The van der Waals surface area contributed by atoms with E-state index in [2.05, 4.69) is 15.2 Å². The smallest absolute Gasteiger partial charge is 0.255 e. The summed E-state index contributed by atoms with van der Waals surface area (Å²) in [6.45, 7) is 2.47. The average molecular weight is 464 g/mol. The van der Waals surface area contributed by atoms with Gasteiger partial charge in [-0.15, -0.1) is 0 Å². The molecule has 176 valence electrons. The molecule has 8 nitrogen and oxygen atoms in total. The minimum Gasteiger partial charge on any atom is -0.393 e. The Morgan fingerprint density at radius 2 is 1.97 bits per heavy atom. The number of hydrogen-bond donors (Lipinski definition) is 2. The summed E-state index contributed by atoms with van der Waals surface area (Å²) < 4.78 is 15.4. The van der Waals surface area contributed by atoms with E-state index in [-0.39, 0.29) is 47.8 Å². The molecule has 2 saturated heterocycles. The molecule has 0 radical (unpaired) electrons. The molecule has 9 heteroatoms. The van der Waals surface area contributed by atoms with Crippen LogP contribution in [0.25, 0.3) is 11.3 Å². The van der Waals surface area contributed by atoms with Crippen LogP contribution in [0.2, 0.25) is 0 Å². The van der Waals surface area contributed by atoms with Crippen LogP contribution in [0.3, 0.4) is 0 Å². The van der Waals surface area contributed by atoms with Gasteiger partial charge in [0, 0.05) is 60.9 Å². The van der Waals surface area contributed by atoms with E-state index in [1.807, 2.05) is 0 Å². The second kappa shape index (κ2) is 7.68. The molecule has 3 amide bonds. The zero-order valence-electron chi connectivity index (χ0n) is 18.6. The second-order valence-corrected chi connectivity index (χ2v) is 10.1. The molecule has 4 heterocycles. The standard InChI is InChI=1S/C25H25FN4O4/c26-21-15(10-29-12-25(13-29)8-17(31)9-25)5-6-27-22(21)14-1-2-18-16(7-14)11-30(24(18)34)19-3-4-20(32)28-23(19)33/h1-2,5-7,17,19,31H,3-4,8-13H2,(H,28,32,33). The van der Waals surface area contributed by atoms with E-state index in [1.54, 1.807) is 30.5 Å². The van der Waals surface area contributed by atoms with E-state index in [0.29, 0.717) is 35.2 Å². The number of aliphatic hydroxyl groups excluding tert-OH is 1. The summed E-state index contributed by atoms with van der Waals surface area (Å²) in [5.41, 5.74) is 2.80. The van der Waals surface area contributed by atoms with Gasteiger partial charge in [-0.05, 0) is 43.0 Å². The summed E-state index contributed by atoms with van der Waals surface area (Å²) in [4.78, 5) is 44.6. The fraction of sp³-hybridized carbons (Fsp3) is 0.440. The number of halogens is 1. The maximum absolute atomic E-state index is 15.4. The van der Waals surface area contributed by atoms with Crippen molar-refractivity contribution in [3.05, 3.63) is 53.0 Å². The highest BCUT2D eigenvalue weighted by Crippen LogP contribution is 2.48. The van der Waals surface area contributed by atoms with Gasteiger partial charge in [-0.25, -0.2) is 4.39 Å². The fourth-order valence-electron chi connectivity index (χ4n) is 5.98. The highest BCUT2D eigenvalue weighted by Gasteiger charge is 2.51. The largest absolute Gasteiger partial charge is 0.393 e. The minimum absolute atomic E-state index is 0.191. The number of carbonyl (C=O) groups excluding carboxylic acids is 3. The van der Waals surface area contributed by atoms with E-state index in [9.17, 15) is 19.5 Å². The first-order valence-electron chi connectivity index (χ1n) is 11.6. The summed E-state index contributed by atoms with van der Waals surface area (Å²) in [5.74, 6) is -1.41. The Bertz CT molecular complexity index is 1220. The van der Waals surface area contributed by atoms with Gasteiger partial charge < -0.3 is 10.0 Å². The average Bonchev–Trinajstić information content (AvgIpc) is 3.08. The van der Waals surface area contributed by atoms with E-state index in [0.717, 1.165) is 25.9 Å². The van der Waals surface area contributed by atoms with Crippen molar-refractivity contribution in [1.82, 2.24) is 20.1 Å². The Morgan fingerprint density at radius 3 is 2.71 bits per heavy atom. The molecule has 3 aliphatic heterocycles. The number of rotatable bonds is 4. The van der Waals surface area contributed by atoms with Crippen molar-refractivity contribution in [2.45, 2.75) is 50.9 Å². The molecule has 3 fully saturated rings. The lowest BCUT2D eigenvalue weighted by molar-refractivity contribution is -0.137. The molecule has 6 rings (SSSR count). The van der Waals surface area contributed by atoms with Crippen LogP contribution in [0, 0.1) is 11.2 Å². The predicted molar refractivity (Wildman–Crippen MR) is 119 cm³/mol. The van der Waals surface area contributed by atoms with Gasteiger partial charge in [-0.3, -0.25) is 29.6 Å². The summed E-state index contributed by atoms with van der Waals surface area (Å²) in [6, 6.07) is 6.13. The second-order valence-electron chi connectivity index (χ2n) is 10.1. The number of nitrogens with zero attached hydrogens (tertiary/aromatic N) is 3. The topological polar surface area (TPSA) is 103 Å². The molecule has 2 aromatic rings. The van der Waals surface area contributed by atoms with Crippen LogP contribution < -0.4 is 5.32 Å². The number of benzene rings is 1. The molecule has 4 aliphatic rings. The Labute approximate surface area is 195 Å². The van der Waals surface area contributed by atoms with Gasteiger partial charge in [0.15, 0.2) is 5.82 Å². The van der Waals surface area contributed by atoms with Gasteiger partial charge in [0.25, 0.3) is 5.91 Å². The molecule has 1 unspecified atom stereocenters. The SMILES string of the molecule is O=C1CCC(N2Cc3cc(-c4nccc(CN5CC6(CC(O)C6)C5)c4F)ccc3C2=O)C(=O)N1. The number of piperidine rings is 1. The van der Waals surface area contributed by atoms with E-state index < -0.39 is 11.9 Å². The molecule has 1 spiro atoms. The summed E-state index contributed by atoms with van der Waals surface area (Å²) in [7, 11) is 0. The number of aromatic nitrogens is 1. The maximum atomic E-state index is 15.4. The van der Waals surface area contributed by atoms with Crippen molar-refractivity contribution in [2.24, 2.45) is 5.41 Å². The third-order valence-electron chi connectivity index (χ3n) is 7.62. The molecule has 1 atom stereocenters. The van der Waals surface area contributed by atoms with Crippen LogP contribution in [-0.4, -0.2) is 62.8 Å². The molecule has 2 N–H and O–H groups in total. The van der Waals surface area contributed by atoms with Gasteiger partial charge in [0.1, 0.15) is 11.7 Å². The van der Waals surface area contributed by atoms with Crippen LogP contribution in [0.1, 0.15) is 47.2 Å². The van der Waals surface area contributed by atoms with Crippen molar-refractivity contribution < 1.29 is 23.9 Å². The zero-order valence-corrected chi connectivity index (χ0v) is 18.6. The lowest BCUT2D eigenvalue weighted by atomic mass is 9.62. The summed E-state index contributed by atoms with van der Waals surface area (Å²) >= 11 is 0. The van der Waals surface area contributed by atoms with Gasteiger partial charge in [0.05, 0.1) is 6.10 Å². The van der Waals surface area contributed by atoms with Crippen LogP contribution >= 0.6 is 0 Å². The Hall–Kier alpha value is -3.17. The van der Waals surface area contributed by atoms with Gasteiger partial charge in [-0.2, -0.15) is 0 Å². The Kier molecular flexibility index (Phi) is 4.82. The first kappa shape index (κ1) is 21.4. The van der Waals surface area contributed by atoms with E-state index >= 15 is 4.39 Å². The first-order valence-corrected chi connectivity index (χ1v) is 11.6. The van der Waals surface area contributed by atoms with Crippen molar-refractivity contribution in [3.63, 3.8) is 0 Å². The fourth-order valence-corrected chi connectivity index (χ4v) is 5.98. The Balaban J connectivity index is 1.20. The highest BCUT2D eigenvalue weighted by molar-refractivity contribution is 6.05. The number of likely N-dealkylation sites (tertiary alicyclic amines) is 1. The third-order valence-corrected chi connectivity index (χ3v) is 7.62. The summed E-state index contributed by atoms with van der Waals surface area (Å²) in [6.07, 6.45) is 3.57. The van der Waals surface area contributed by atoms with Gasteiger partial charge in [0.2, 0.25) is 11.8 Å². The number of nitrogens with one attached hydrogen (secondary N) is 1. The molecular formula is C25H25FN4O4. The van der Waals surface area contributed by atoms with Gasteiger partial charge in [-0.1, -0.05) is 6.07 Å². The minimum atomic E-state index is -0.684. The molecule has 34 heavy (non-hydrogen) atoms. The first-order chi connectivity index (χ1) is 16.3. The van der Waals surface area contributed by atoms with Crippen molar-refractivity contribution in [3.8, 4) is 11.3 Å². The quantitative estimate of drug-likeness (QED) is 0.667. The molecule has 1 aliphatic carbocycles. The number of pyridine rings is 1. The van der Waals surface area contributed by atoms with Gasteiger partial charge >= 0.3 is 0 Å². The lowest BCUT2D eigenvalue weighted by Gasteiger charge is -2.58. The van der Waals surface area contributed by atoms with Crippen LogP contribution in [0.5, 0.6) is 0 Å². The van der Waals surface area contributed by atoms with Crippen molar-refractivity contribution in [2.75, 3.05) is 13.1 Å². The number of carbonyl (C=O) groups is 3. The number of imide groups is 1. The molecule has 1 saturated carbocycles. The molecule has 0 bridgehead atoms. The zero-order chi connectivity index (χ0) is 23.6. The maximum Gasteiger partial charge on any atom is 0.255 e. The normalized spacial score (nSPS) is 24.1. The van der Waals surface area contributed by atoms with Crippen molar-refractivity contribution in [1.29, 1.82) is 0 Å². The predicted octanol–water partition coefficient (Wildman–Crippen LogP) is 1.61. The summed E-state index contributed by atoms with van der Waals surface area (Å²) in [5, 5.41) is 11.9. The van der Waals surface area contributed by atoms with Crippen LogP contribution in [0.15, 0.2) is 30.5 Å². The van der Waals surface area contributed by atoms with Crippen molar-refractivity contribution >= 4 is 17.7 Å². The molecular weight excluding hydrogens is 439 g/mol. The van der Waals surface area contributed by atoms with Crippen LogP contribution in [0.4, 0.5) is 4.39 Å².